The topological polar surface area (TPSA) is 107 Å². The number of primary amides is 1. The molecule has 0 bridgehead atoms. The fourth-order valence-electron chi connectivity index (χ4n) is 2.85. The van der Waals surface area contributed by atoms with Crippen LogP contribution in [-0.2, 0) is 4.79 Å². The van der Waals surface area contributed by atoms with Gasteiger partial charge in [-0.15, -0.1) is 5.10 Å². The Labute approximate surface area is 159 Å². The zero-order chi connectivity index (χ0) is 19.8. The van der Waals surface area contributed by atoms with E-state index in [0.717, 1.165) is 0 Å². The Morgan fingerprint density at radius 2 is 2.04 bits per heavy atom. The van der Waals surface area contributed by atoms with Crippen molar-refractivity contribution in [3.8, 4) is 17.1 Å². The van der Waals surface area contributed by atoms with Crippen molar-refractivity contribution in [3.63, 3.8) is 0 Å². The van der Waals surface area contributed by atoms with Gasteiger partial charge in [-0.1, -0.05) is 18.2 Å². The first-order chi connectivity index (χ1) is 13.5. The van der Waals surface area contributed by atoms with Gasteiger partial charge in [-0.2, -0.15) is 4.52 Å². The van der Waals surface area contributed by atoms with E-state index in [1.807, 2.05) is 12.1 Å². The molecule has 8 nitrogen and oxygen atoms in total. The average Bonchev–Trinajstić information content (AvgIpc) is 3.13. The molecule has 0 aliphatic heterocycles. The minimum absolute atomic E-state index is 0.237. The first-order valence-electron chi connectivity index (χ1n) is 8.53. The van der Waals surface area contributed by atoms with Gasteiger partial charge in [0.05, 0.1) is 18.0 Å². The molecule has 4 rings (SSSR count). The molecule has 0 saturated heterocycles. The maximum atomic E-state index is 14.5. The summed E-state index contributed by atoms with van der Waals surface area (Å²) in [4.78, 5) is 20.4. The van der Waals surface area contributed by atoms with E-state index in [1.54, 1.807) is 38.3 Å². The Kier molecular flexibility index (Phi) is 4.26. The number of halogens is 1. The van der Waals surface area contributed by atoms with Crippen LogP contribution in [0.3, 0.4) is 0 Å². The molecule has 9 heteroatoms. The Bertz CT molecular complexity index is 1210. The predicted molar refractivity (Wildman–Crippen MR) is 103 cm³/mol. The summed E-state index contributed by atoms with van der Waals surface area (Å²) >= 11 is 0. The highest BCUT2D eigenvalue weighted by Crippen LogP contribution is 2.27. The van der Waals surface area contributed by atoms with Gasteiger partial charge in [0.15, 0.2) is 11.5 Å². The van der Waals surface area contributed by atoms with Crippen LogP contribution in [0, 0.1) is 5.82 Å². The molecule has 1 amide bonds. The number of nitrogens with one attached hydrogen (secondary N) is 1. The van der Waals surface area contributed by atoms with Gasteiger partial charge in [0.2, 0.25) is 11.9 Å². The van der Waals surface area contributed by atoms with E-state index < -0.39 is 17.8 Å². The van der Waals surface area contributed by atoms with Crippen LogP contribution < -0.4 is 15.8 Å². The molecule has 2 heterocycles. The number of carbonyl (C=O) groups is 1. The van der Waals surface area contributed by atoms with Crippen molar-refractivity contribution in [1.29, 1.82) is 0 Å². The zero-order valence-corrected chi connectivity index (χ0v) is 15.2. The average molecular weight is 380 g/mol. The Morgan fingerprint density at radius 1 is 1.25 bits per heavy atom. The van der Waals surface area contributed by atoms with Crippen LogP contribution in [0.5, 0.6) is 5.75 Å². The maximum absolute atomic E-state index is 14.5. The molecule has 1 atom stereocenters. The highest BCUT2D eigenvalue weighted by atomic mass is 19.1. The van der Waals surface area contributed by atoms with E-state index in [2.05, 4.69) is 20.4 Å². The largest absolute Gasteiger partial charge is 0.497 e. The zero-order valence-electron chi connectivity index (χ0n) is 15.2. The van der Waals surface area contributed by atoms with Crippen molar-refractivity contribution in [1.82, 2.24) is 19.6 Å². The first kappa shape index (κ1) is 17.7. The third-order valence-electron chi connectivity index (χ3n) is 4.35. The summed E-state index contributed by atoms with van der Waals surface area (Å²) in [6.07, 6.45) is 0. The fraction of sp³-hybridized carbons (Fsp3) is 0.158. The number of rotatable bonds is 5. The molecule has 0 saturated carbocycles. The molecule has 0 spiro atoms. The lowest BCUT2D eigenvalue weighted by atomic mass is 10.2. The van der Waals surface area contributed by atoms with Crippen LogP contribution >= 0.6 is 0 Å². The number of nitrogens with zero attached hydrogens (tertiary/aromatic N) is 4. The number of methoxy groups -OCH3 is 1. The van der Waals surface area contributed by atoms with Crippen LogP contribution in [-0.4, -0.2) is 38.6 Å². The summed E-state index contributed by atoms with van der Waals surface area (Å²) in [7, 11) is 1.57. The van der Waals surface area contributed by atoms with Crippen molar-refractivity contribution in [3.05, 3.63) is 48.3 Å². The molecule has 0 aliphatic carbocycles. The van der Waals surface area contributed by atoms with Crippen LogP contribution in [0.2, 0.25) is 0 Å². The number of aromatic nitrogens is 4. The minimum Gasteiger partial charge on any atom is -0.497 e. The summed E-state index contributed by atoms with van der Waals surface area (Å²) < 4.78 is 21.2. The van der Waals surface area contributed by atoms with E-state index in [0.29, 0.717) is 22.7 Å². The summed E-state index contributed by atoms with van der Waals surface area (Å²) in [5.41, 5.74) is 6.70. The third kappa shape index (κ3) is 2.96. The SMILES string of the molecule is COc1cccc(-c2nc3c4c(F)cccc4nc(N[C@H](C)C(N)=O)n3n2)c1. The van der Waals surface area contributed by atoms with E-state index in [4.69, 9.17) is 10.5 Å². The maximum Gasteiger partial charge on any atom is 0.239 e. The van der Waals surface area contributed by atoms with Crippen LogP contribution in [0.15, 0.2) is 42.5 Å². The number of benzene rings is 2. The minimum atomic E-state index is -0.703. The highest BCUT2D eigenvalue weighted by Gasteiger charge is 2.19. The molecule has 3 N–H and O–H groups in total. The van der Waals surface area contributed by atoms with Gasteiger partial charge in [0.1, 0.15) is 17.6 Å². The molecular formula is C19H17FN6O2. The van der Waals surface area contributed by atoms with Crippen molar-refractivity contribution in [2.75, 3.05) is 12.4 Å². The van der Waals surface area contributed by atoms with E-state index in [-0.39, 0.29) is 17.0 Å². The van der Waals surface area contributed by atoms with Gasteiger partial charge in [0.25, 0.3) is 0 Å². The molecule has 2 aromatic heterocycles. The molecule has 4 aromatic rings. The summed E-state index contributed by atoms with van der Waals surface area (Å²) in [5.74, 6) is 0.231. The Morgan fingerprint density at radius 3 is 2.79 bits per heavy atom. The van der Waals surface area contributed by atoms with Gasteiger partial charge in [-0.05, 0) is 31.2 Å². The van der Waals surface area contributed by atoms with E-state index in [1.165, 1.54) is 10.6 Å². The van der Waals surface area contributed by atoms with Crippen LogP contribution in [0.4, 0.5) is 10.3 Å². The quantitative estimate of drug-likeness (QED) is 0.550. The third-order valence-corrected chi connectivity index (χ3v) is 4.35. The first-order valence-corrected chi connectivity index (χ1v) is 8.53. The number of ether oxygens (including phenoxy) is 1. The van der Waals surface area contributed by atoms with Gasteiger partial charge in [0, 0.05) is 5.56 Å². The van der Waals surface area contributed by atoms with Crippen molar-refractivity contribution in [2.24, 2.45) is 5.73 Å². The number of anilines is 1. The standard InChI is InChI=1S/C19H17FN6O2/c1-10(16(21)27)22-19-23-14-8-4-7-13(20)15(14)18-24-17(25-26(18)19)11-5-3-6-12(9-11)28-2/h3-10H,1-2H3,(H2,21,27)(H,22,23)/t10-/m1/s1. The Balaban J connectivity index is 1.98. The summed E-state index contributed by atoms with van der Waals surface area (Å²) in [5, 5.41) is 7.62. The molecule has 28 heavy (non-hydrogen) atoms. The molecule has 0 unspecified atom stereocenters. The van der Waals surface area contributed by atoms with Gasteiger partial charge < -0.3 is 15.8 Å². The lowest BCUT2D eigenvalue weighted by molar-refractivity contribution is -0.118. The second kappa shape index (κ2) is 6.76. The fourth-order valence-corrected chi connectivity index (χ4v) is 2.85. The summed E-state index contributed by atoms with van der Waals surface area (Å²) in [6, 6.07) is 11.1. The smallest absolute Gasteiger partial charge is 0.239 e. The second-order valence-electron chi connectivity index (χ2n) is 6.24. The van der Waals surface area contributed by atoms with Gasteiger partial charge in [-0.3, -0.25) is 4.79 Å². The van der Waals surface area contributed by atoms with Crippen molar-refractivity contribution >= 4 is 28.4 Å². The number of carbonyl (C=O) groups excluding carboxylic acids is 1. The number of fused-ring (bicyclic) bond motifs is 3. The highest BCUT2D eigenvalue weighted by molar-refractivity contribution is 5.93. The molecule has 0 aliphatic rings. The summed E-state index contributed by atoms with van der Waals surface area (Å²) in [6.45, 7) is 1.60. The van der Waals surface area contributed by atoms with Crippen LogP contribution in [0.25, 0.3) is 27.9 Å². The second-order valence-corrected chi connectivity index (χ2v) is 6.24. The monoisotopic (exact) mass is 380 g/mol. The predicted octanol–water partition coefficient (Wildman–Crippen LogP) is 2.38. The number of nitrogens with two attached hydrogens (primary N) is 1. The number of hydrogen-bond acceptors (Lipinski definition) is 6. The lowest BCUT2D eigenvalue weighted by Crippen LogP contribution is -2.33. The van der Waals surface area contributed by atoms with E-state index >= 15 is 0 Å². The van der Waals surface area contributed by atoms with Gasteiger partial charge >= 0.3 is 0 Å². The molecule has 142 valence electrons. The van der Waals surface area contributed by atoms with E-state index in [9.17, 15) is 9.18 Å². The normalized spacial score (nSPS) is 12.2. The number of amides is 1. The molecule has 2 aromatic carbocycles. The van der Waals surface area contributed by atoms with Crippen LogP contribution in [0.1, 0.15) is 6.92 Å². The lowest BCUT2D eigenvalue weighted by Gasteiger charge is -2.12. The number of hydrogen-bond donors (Lipinski definition) is 2. The van der Waals surface area contributed by atoms with Gasteiger partial charge in [-0.25, -0.2) is 14.4 Å². The molecule has 0 fully saturated rings. The Hall–Kier alpha value is -3.75. The van der Waals surface area contributed by atoms with Crippen molar-refractivity contribution in [2.45, 2.75) is 13.0 Å². The molecule has 0 radical (unpaired) electrons. The van der Waals surface area contributed by atoms with Crippen molar-refractivity contribution < 1.29 is 13.9 Å². The molecular weight excluding hydrogens is 363 g/mol.